The first-order chi connectivity index (χ1) is 8.21. The van der Waals surface area contributed by atoms with Gasteiger partial charge in [0.1, 0.15) is 0 Å². The molecular formula is C16H22N2. The molecular weight excluding hydrogens is 220 g/mol. The molecule has 2 aromatic rings. The lowest BCUT2D eigenvalue weighted by Crippen LogP contribution is -2.17. The standard InChI is InChI=1S/C16H22N2/c1-15(2,3)12-8-10-17-13-11(12)7-9-18-14(13)16(4,5)6/h7-10H,1-6H3. The van der Waals surface area contributed by atoms with Crippen LogP contribution in [0.3, 0.4) is 0 Å². The molecule has 0 aliphatic carbocycles. The Morgan fingerprint density at radius 1 is 0.778 bits per heavy atom. The first-order valence-corrected chi connectivity index (χ1v) is 6.46. The number of fused-ring (bicyclic) bond motifs is 1. The molecule has 0 aliphatic heterocycles. The van der Waals surface area contributed by atoms with Crippen molar-refractivity contribution in [2.45, 2.75) is 52.4 Å². The molecule has 0 aromatic carbocycles. The van der Waals surface area contributed by atoms with Gasteiger partial charge < -0.3 is 0 Å². The maximum atomic E-state index is 4.56. The molecule has 0 atom stereocenters. The van der Waals surface area contributed by atoms with Gasteiger partial charge in [-0.05, 0) is 23.1 Å². The lowest BCUT2D eigenvalue weighted by atomic mass is 9.83. The van der Waals surface area contributed by atoms with Crippen LogP contribution in [0.5, 0.6) is 0 Å². The van der Waals surface area contributed by atoms with Gasteiger partial charge >= 0.3 is 0 Å². The largest absolute Gasteiger partial charge is 0.258 e. The van der Waals surface area contributed by atoms with E-state index in [1.54, 1.807) is 0 Å². The zero-order valence-corrected chi connectivity index (χ0v) is 12.2. The molecule has 0 aliphatic rings. The lowest BCUT2D eigenvalue weighted by molar-refractivity contribution is 0.572. The van der Waals surface area contributed by atoms with Crippen molar-refractivity contribution in [1.29, 1.82) is 0 Å². The summed E-state index contributed by atoms with van der Waals surface area (Å²) in [5.74, 6) is 0. The number of aromatic nitrogens is 2. The fourth-order valence-electron chi connectivity index (χ4n) is 2.28. The second-order valence-corrected chi connectivity index (χ2v) is 6.91. The molecule has 2 aromatic heterocycles. The topological polar surface area (TPSA) is 25.8 Å². The molecule has 0 spiro atoms. The highest BCUT2D eigenvalue weighted by molar-refractivity contribution is 5.85. The second-order valence-electron chi connectivity index (χ2n) is 6.91. The Kier molecular flexibility index (Phi) is 2.92. The molecule has 0 amide bonds. The van der Waals surface area contributed by atoms with Gasteiger partial charge in [0.25, 0.3) is 0 Å². The van der Waals surface area contributed by atoms with Crippen LogP contribution in [0.15, 0.2) is 24.5 Å². The molecule has 2 heterocycles. The van der Waals surface area contributed by atoms with E-state index in [2.05, 4.69) is 63.6 Å². The summed E-state index contributed by atoms with van der Waals surface area (Å²) < 4.78 is 0. The minimum absolute atomic E-state index is 0.0169. The van der Waals surface area contributed by atoms with Crippen LogP contribution < -0.4 is 0 Å². The van der Waals surface area contributed by atoms with Gasteiger partial charge in [-0.25, -0.2) is 0 Å². The molecule has 0 saturated carbocycles. The fourth-order valence-corrected chi connectivity index (χ4v) is 2.28. The van der Waals surface area contributed by atoms with Crippen LogP contribution in [0.25, 0.3) is 10.9 Å². The van der Waals surface area contributed by atoms with Crippen LogP contribution in [0.2, 0.25) is 0 Å². The number of hydrogen-bond acceptors (Lipinski definition) is 2. The average Bonchev–Trinajstić information content (AvgIpc) is 2.24. The van der Waals surface area contributed by atoms with Gasteiger partial charge in [-0.1, -0.05) is 41.5 Å². The molecule has 0 saturated heterocycles. The van der Waals surface area contributed by atoms with Crippen LogP contribution in [0.1, 0.15) is 52.8 Å². The van der Waals surface area contributed by atoms with Crippen LogP contribution in [-0.2, 0) is 10.8 Å². The van der Waals surface area contributed by atoms with Gasteiger partial charge in [-0.3, -0.25) is 9.97 Å². The average molecular weight is 242 g/mol. The zero-order chi connectivity index (χ0) is 13.6. The van der Waals surface area contributed by atoms with Gasteiger partial charge in [0, 0.05) is 23.2 Å². The number of rotatable bonds is 0. The summed E-state index contributed by atoms with van der Waals surface area (Å²) in [7, 11) is 0. The molecule has 0 unspecified atom stereocenters. The van der Waals surface area contributed by atoms with Crippen molar-refractivity contribution in [2.75, 3.05) is 0 Å². The number of pyridine rings is 2. The minimum Gasteiger partial charge on any atom is -0.258 e. The van der Waals surface area contributed by atoms with Crippen molar-refractivity contribution in [3.05, 3.63) is 35.8 Å². The minimum atomic E-state index is 0.0169. The molecule has 0 fully saturated rings. The maximum absolute atomic E-state index is 4.56. The molecule has 18 heavy (non-hydrogen) atoms. The molecule has 0 radical (unpaired) electrons. The SMILES string of the molecule is CC(C)(C)c1ccnc2c(C(C)(C)C)nccc12. The predicted molar refractivity (Wildman–Crippen MR) is 76.9 cm³/mol. The lowest BCUT2D eigenvalue weighted by Gasteiger charge is -2.24. The third-order valence-corrected chi connectivity index (χ3v) is 3.18. The summed E-state index contributed by atoms with van der Waals surface area (Å²) in [5, 5.41) is 1.23. The summed E-state index contributed by atoms with van der Waals surface area (Å²) in [4.78, 5) is 9.10. The molecule has 0 bridgehead atoms. The van der Waals surface area contributed by atoms with Crippen LogP contribution in [0, 0.1) is 0 Å². The quantitative estimate of drug-likeness (QED) is 0.691. The molecule has 2 rings (SSSR count). The Morgan fingerprint density at radius 2 is 1.39 bits per heavy atom. The first kappa shape index (κ1) is 13.0. The van der Waals surface area contributed by atoms with Gasteiger partial charge in [-0.2, -0.15) is 0 Å². The molecule has 2 heteroatoms. The van der Waals surface area contributed by atoms with E-state index in [1.165, 1.54) is 10.9 Å². The maximum Gasteiger partial charge on any atom is 0.0925 e. The Labute approximate surface area is 109 Å². The summed E-state index contributed by atoms with van der Waals surface area (Å²) >= 11 is 0. The molecule has 0 N–H and O–H groups in total. The highest BCUT2D eigenvalue weighted by Crippen LogP contribution is 2.32. The third kappa shape index (κ3) is 2.24. The van der Waals surface area contributed by atoms with Gasteiger partial charge in [-0.15, -0.1) is 0 Å². The van der Waals surface area contributed by atoms with Crippen molar-refractivity contribution in [3.8, 4) is 0 Å². The monoisotopic (exact) mass is 242 g/mol. The van der Waals surface area contributed by atoms with Crippen LogP contribution >= 0.6 is 0 Å². The zero-order valence-electron chi connectivity index (χ0n) is 12.2. The van der Waals surface area contributed by atoms with Crippen molar-refractivity contribution in [1.82, 2.24) is 9.97 Å². The van der Waals surface area contributed by atoms with Gasteiger partial charge in [0.15, 0.2) is 0 Å². The molecule has 96 valence electrons. The Morgan fingerprint density at radius 3 is 1.94 bits per heavy atom. The van der Waals surface area contributed by atoms with E-state index in [0.717, 1.165) is 11.2 Å². The molecule has 2 nitrogen and oxygen atoms in total. The van der Waals surface area contributed by atoms with Crippen molar-refractivity contribution >= 4 is 10.9 Å². The summed E-state index contributed by atoms with van der Waals surface area (Å²) in [6, 6.07) is 4.20. The van der Waals surface area contributed by atoms with E-state index in [0.29, 0.717) is 0 Å². The summed E-state index contributed by atoms with van der Waals surface area (Å²) in [6.45, 7) is 13.2. The van der Waals surface area contributed by atoms with Crippen LogP contribution in [0.4, 0.5) is 0 Å². The van der Waals surface area contributed by atoms with Crippen molar-refractivity contribution in [2.24, 2.45) is 0 Å². The summed E-state index contributed by atoms with van der Waals surface area (Å²) in [5.41, 5.74) is 3.59. The predicted octanol–water partition coefficient (Wildman–Crippen LogP) is 4.22. The van der Waals surface area contributed by atoms with E-state index in [4.69, 9.17) is 0 Å². The second kappa shape index (κ2) is 4.04. The van der Waals surface area contributed by atoms with Gasteiger partial charge in [0.05, 0.1) is 11.2 Å². The Balaban J connectivity index is 2.82. The van der Waals surface area contributed by atoms with E-state index in [1.807, 2.05) is 12.4 Å². The first-order valence-electron chi connectivity index (χ1n) is 6.46. The summed E-state index contributed by atoms with van der Waals surface area (Å²) in [6.07, 6.45) is 3.81. The third-order valence-electron chi connectivity index (χ3n) is 3.18. The highest BCUT2D eigenvalue weighted by Gasteiger charge is 2.23. The van der Waals surface area contributed by atoms with E-state index in [9.17, 15) is 0 Å². The van der Waals surface area contributed by atoms with Crippen molar-refractivity contribution in [3.63, 3.8) is 0 Å². The van der Waals surface area contributed by atoms with E-state index < -0.39 is 0 Å². The Bertz CT molecular complexity index is 518. The number of nitrogens with zero attached hydrogens (tertiary/aromatic N) is 2. The van der Waals surface area contributed by atoms with E-state index in [-0.39, 0.29) is 10.8 Å². The Hall–Kier alpha value is -1.44. The fraction of sp³-hybridized carbons (Fsp3) is 0.500. The normalized spacial score (nSPS) is 13.0. The number of hydrogen-bond donors (Lipinski definition) is 0. The smallest absolute Gasteiger partial charge is 0.0925 e. The van der Waals surface area contributed by atoms with E-state index >= 15 is 0 Å². The highest BCUT2D eigenvalue weighted by atomic mass is 14.8. The van der Waals surface area contributed by atoms with Crippen molar-refractivity contribution < 1.29 is 0 Å². The van der Waals surface area contributed by atoms with Crippen LogP contribution in [-0.4, -0.2) is 9.97 Å². The van der Waals surface area contributed by atoms with Gasteiger partial charge in [0.2, 0.25) is 0 Å².